The summed E-state index contributed by atoms with van der Waals surface area (Å²) in [6.07, 6.45) is -1.97. The average Bonchev–Trinajstić information content (AvgIpc) is 2.45. The Hall–Kier alpha value is -1.77. The molecule has 2 atom stereocenters. The summed E-state index contributed by atoms with van der Waals surface area (Å²) in [5, 5.41) is 30.5. The molecule has 2 unspecified atom stereocenters. The van der Waals surface area contributed by atoms with E-state index in [0.29, 0.717) is 12.0 Å². The largest absolute Gasteiger partial charge is 0.390 e. The number of nitro benzene ring substituents is 1. The van der Waals surface area contributed by atoms with Gasteiger partial charge in [0.05, 0.1) is 11.0 Å². The van der Waals surface area contributed by atoms with Crippen LogP contribution in [0.25, 0.3) is 0 Å². The summed E-state index contributed by atoms with van der Waals surface area (Å²) in [7, 11) is 0. The molecule has 114 valence electrons. The van der Waals surface area contributed by atoms with Crippen LogP contribution in [0.1, 0.15) is 35.4 Å². The van der Waals surface area contributed by atoms with Gasteiger partial charge in [-0.2, -0.15) is 0 Å². The average molecular weight is 313 g/mol. The Morgan fingerprint density at radius 2 is 2.10 bits per heavy atom. The molecule has 0 bridgehead atoms. The molecule has 1 aromatic rings. The summed E-state index contributed by atoms with van der Waals surface area (Å²) >= 11 is 1.01. The molecule has 0 fully saturated rings. The molecule has 0 aliphatic carbocycles. The van der Waals surface area contributed by atoms with Gasteiger partial charge in [-0.3, -0.25) is 19.7 Å². The molecule has 0 saturated carbocycles. The van der Waals surface area contributed by atoms with E-state index >= 15 is 0 Å². The highest BCUT2D eigenvalue weighted by Crippen LogP contribution is 2.25. The van der Waals surface area contributed by atoms with E-state index in [1.807, 2.05) is 0 Å². The van der Waals surface area contributed by atoms with Crippen molar-refractivity contribution in [2.24, 2.45) is 0 Å². The Balaban J connectivity index is 2.87. The zero-order valence-electron chi connectivity index (χ0n) is 11.3. The fourth-order valence-electron chi connectivity index (χ4n) is 1.71. The Kier molecular flexibility index (Phi) is 6.47. The molecular weight excluding hydrogens is 298 g/mol. The molecule has 1 rings (SSSR count). The molecule has 8 heteroatoms. The molecule has 0 radical (unpaired) electrons. The van der Waals surface area contributed by atoms with Crippen LogP contribution in [0.3, 0.4) is 0 Å². The number of benzene rings is 1. The molecule has 2 N–H and O–H groups in total. The number of nitrogens with zero attached hydrogens (tertiary/aromatic N) is 1. The van der Waals surface area contributed by atoms with Gasteiger partial charge in [-0.25, -0.2) is 0 Å². The first-order valence-corrected chi connectivity index (χ1v) is 7.07. The maximum atomic E-state index is 10.8. The van der Waals surface area contributed by atoms with Crippen molar-refractivity contribution in [3.63, 3.8) is 0 Å². The molecule has 0 heterocycles. The first-order valence-electron chi connectivity index (χ1n) is 6.09. The van der Waals surface area contributed by atoms with Crippen molar-refractivity contribution in [2.75, 3.05) is 5.75 Å². The van der Waals surface area contributed by atoms with Crippen LogP contribution in [-0.4, -0.2) is 38.4 Å². The van der Waals surface area contributed by atoms with E-state index in [-0.39, 0.29) is 28.4 Å². The highest BCUT2D eigenvalue weighted by atomic mass is 32.2. The summed E-state index contributed by atoms with van der Waals surface area (Å²) in [6, 6.07) is 3.48. The van der Waals surface area contributed by atoms with Gasteiger partial charge in [0.2, 0.25) is 0 Å². The maximum absolute atomic E-state index is 10.8. The summed E-state index contributed by atoms with van der Waals surface area (Å²) in [5.74, 6) is 0.322. The Morgan fingerprint density at radius 1 is 1.43 bits per heavy atom. The molecule has 0 amide bonds. The second-order valence-corrected chi connectivity index (χ2v) is 5.65. The van der Waals surface area contributed by atoms with Crippen LogP contribution >= 0.6 is 11.8 Å². The van der Waals surface area contributed by atoms with Crippen LogP contribution in [0.5, 0.6) is 0 Å². The Bertz CT molecular complexity index is 547. The predicted molar refractivity (Wildman–Crippen MR) is 77.2 cm³/mol. The third-order valence-corrected chi connectivity index (χ3v) is 3.58. The van der Waals surface area contributed by atoms with Crippen LogP contribution in [0, 0.1) is 10.1 Å². The van der Waals surface area contributed by atoms with Gasteiger partial charge < -0.3 is 10.2 Å². The Labute approximate surface area is 125 Å². The first-order chi connectivity index (χ1) is 9.85. The van der Waals surface area contributed by atoms with Gasteiger partial charge in [0.15, 0.2) is 5.12 Å². The molecule has 7 nitrogen and oxygen atoms in total. The van der Waals surface area contributed by atoms with Crippen molar-refractivity contribution in [1.29, 1.82) is 0 Å². The van der Waals surface area contributed by atoms with Crippen LogP contribution in [-0.2, 0) is 4.79 Å². The number of nitro groups is 1. The van der Waals surface area contributed by atoms with Crippen LogP contribution in [0.2, 0.25) is 0 Å². The van der Waals surface area contributed by atoms with Gasteiger partial charge in [-0.1, -0.05) is 11.8 Å². The highest BCUT2D eigenvalue weighted by Gasteiger charge is 2.21. The lowest BCUT2D eigenvalue weighted by molar-refractivity contribution is -0.385. The molecule has 0 aromatic heterocycles. The third-order valence-electron chi connectivity index (χ3n) is 2.73. The monoisotopic (exact) mass is 313 g/mol. The Morgan fingerprint density at radius 3 is 2.62 bits per heavy atom. The number of non-ortho nitro benzene ring substituents is 1. The molecule has 0 spiro atoms. The molecular formula is C13H15NO6S. The summed E-state index contributed by atoms with van der Waals surface area (Å²) in [4.78, 5) is 31.6. The number of aliphatic hydroxyl groups excluding tert-OH is 2. The fraction of sp³-hybridized carbons (Fsp3) is 0.385. The van der Waals surface area contributed by atoms with E-state index in [0.717, 1.165) is 23.9 Å². The first kappa shape index (κ1) is 17.3. The molecule has 21 heavy (non-hydrogen) atoms. The lowest BCUT2D eigenvalue weighted by Crippen LogP contribution is -2.19. The van der Waals surface area contributed by atoms with Crippen molar-refractivity contribution in [1.82, 2.24) is 0 Å². The van der Waals surface area contributed by atoms with E-state index in [1.54, 1.807) is 0 Å². The third kappa shape index (κ3) is 5.25. The number of hydrogen-bond donors (Lipinski definition) is 2. The number of rotatable bonds is 7. The minimum Gasteiger partial charge on any atom is -0.390 e. The smallest absolute Gasteiger partial charge is 0.270 e. The van der Waals surface area contributed by atoms with Crippen molar-refractivity contribution in [3.8, 4) is 0 Å². The minimum atomic E-state index is -1.36. The minimum absolute atomic E-state index is 0.0450. The normalized spacial score (nSPS) is 13.5. The van der Waals surface area contributed by atoms with Gasteiger partial charge in [0.1, 0.15) is 12.4 Å². The van der Waals surface area contributed by atoms with Gasteiger partial charge in [-0.05, 0) is 18.1 Å². The second-order valence-electron chi connectivity index (χ2n) is 4.37. The number of carbonyl (C=O) groups excluding carboxylic acids is 2. The number of hydrogen-bond acceptors (Lipinski definition) is 7. The van der Waals surface area contributed by atoms with Gasteiger partial charge in [0.25, 0.3) is 5.69 Å². The van der Waals surface area contributed by atoms with Crippen molar-refractivity contribution < 1.29 is 24.7 Å². The van der Waals surface area contributed by atoms with E-state index < -0.39 is 17.1 Å². The number of thioether (sulfide) groups is 1. The lowest BCUT2D eigenvalue weighted by Gasteiger charge is -2.18. The standard InChI is InChI=1S/C13H15NO6S/c1-8(16)21-3-2-12(17)13(18)10-4-9(7-15)5-11(6-10)14(19)20/h4-7,12-13,17-18H,2-3H2,1H3. The van der Waals surface area contributed by atoms with Crippen molar-refractivity contribution >= 4 is 28.9 Å². The second kappa shape index (κ2) is 7.87. The van der Waals surface area contributed by atoms with Crippen molar-refractivity contribution in [2.45, 2.75) is 25.6 Å². The topological polar surface area (TPSA) is 118 Å². The van der Waals surface area contributed by atoms with E-state index in [9.17, 15) is 29.9 Å². The van der Waals surface area contributed by atoms with E-state index in [2.05, 4.69) is 0 Å². The zero-order chi connectivity index (χ0) is 16.0. The van der Waals surface area contributed by atoms with Gasteiger partial charge in [-0.15, -0.1) is 0 Å². The molecule has 0 aliphatic heterocycles. The molecule has 1 aromatic carbocycles. The maximum Gasteiger partial charge on any atom is 0.270 e. The van der Waals surface area contributed by atoms with Crippen LogP contribution in [0.4, 0.5) is 5.69 Å². The summed E-state index contributed by atoms with van der Waals surface area (Å²) < 4.78 is 0. The predicted octanol–water partition coefficient (Wildman–Crippen LogP) is 1.47. The fourth-order valence-corrected chi connectivity index (χ4v) is 2.35. The van der Waals surface area contributed by atoms with Crippen molar-refractivity contribution in [3.05, 3.63) is 39.4 Å². The highest BCUT2D eigenvalue weighted by molar-refractivity contribution is 8.13. The lowest BCUT2D eigenvalue weighted by atomic mass is 10.00. The quantitative estimate of drug-likeness (QED) is 0.444. The number of carbonyl (C=O) groups is 2. The molecule has 0 saturated heterocycles. The SMILES string of the molecule is CC(=O)SCCC(O)C(O)c1cc(C=O)cc([N+](=O)[O-])c1. The van der Waals surface area contributed by atoms with Gasteiger partial charge in [0, 0.05) is 30.4 Å². The van der Waals surface area contributed by atoms with Crippen LogP contribution < -0.4 is 0 Å². The van der Waals surface area contributed by atoms with Gasteiger partial charge >= 0.3 is 0 Å². The van der Waals surface area contributed by atoms with E-state index in [4.69, 9.17) is 0 Å². The number of aliphatic hydroxyl groups is 2. The van der Waals surface area contributed by atoms with E-state index in [1.165, 1.54) is 13.0 Å². The zero-order valence-corrected chi connectivity index (χ0v) is 12.1. The summed E-state index contributed by atoms with van der Waals surface area (Å²) in [5.41, 5.74) is -0.200. The van der Waals surface area contributed by atoms with Crippen LogP contribution in [0.15, 0.2) is 18.2 Å². The molecule has 0 aliphatic rings. The summed E-state index contributed by atoms with van der Waals surface area (Å²) in [6.45, 7) is 1.39. The number of aldehydes is 1.